The molecule has 0 aromatic carbocycles. The smallest absolute Gasteiger partial charge is 0.307 e. The maximum atomic E-state index is 12.5. The number of carbonyl (C=O) groups is 1. The number of hydrogen-bond donors (Lipinski definition) is 0. The first-order valence-electron chi connectivity index (χ1n) is 6.77. The van der Waals surface area contributed by atoms with Crippen LogP contribution in [0, 0.1) is 0 Å². The molecule has 0 atom stereocenters. The molecule has 2 aromatic heterocycles. The van der Waals surface area contributed by atoms with Crippen molar-refractivity contribution in [3.63, 3.8) is 0 Å². The molecule has 0 saturated carbocycles. The van der Waals surface area contributed by atoms with Gasteiger partial charge in [0.25, 0.3) is 5.56 Å². The number of ether oxygens (including phenoxy) is 1. The molecule has 106 valence electrons. The van der Waals surface area contributed by atoms with Crippen LogP contribution in [0.1, 0.15) is 29.7 Å². The van der Waals surface area contributed by atoms with Crippen LogP contribution in [0.25, 0.3) is 10.2 Å². The normalized spacial score (nSPS) is 14.2. The van der Waals surface area contributed by atoms with Crippen molar-refractivity contribution in [3.8, 4) is 0 Å². The molecule has 0 fully saturated rings. The van der Waals surface area contributed by atoms with Crippen LogP contribution in [0.2, 0.25) is 0 Å². The van der Waals surface area contributed by atoms with Crippen molar-refractivity contribution in [2.45, 2.75) is 38.6 Å². The van der Waals surface area contributed by atoms with E-state index in [0.717, 1.165) is 29.5 Å². The first kappa shape index (κ1) is 13.3. The fourth-order valence-electron chi connectivity index (χ4n) is 2.65. The van der Waals surface area contributed by atoms with E-state index in [2.05, 4.69) is 9.72 Å². The van der Waals surface area contributed by atoms with E-state index in [-0.39, 0.29) is 17.9 Å². The van der Waals surface area contributed by atoms with Crippen molar-refractivity contribution in [1.82, 2.24) is 9.55 Å². The maximum absolute atomic E-state index is 12.5. The van der Waals surface area contributed by atoms with Gasteiger partial charge in [0.2, 0.25) is 0 Å². The highest BCUT2D eigenvalue weighted by Crippen LogP contribution is 2.33. The summed E-state index contributed by atoms with van der Waals surface area (Å²) >= 11 is 1.64. The van der Waals surface area contributed by atoms with E-state index in [0.29, 0.717) is 6.54 Å². The molecular formula is C14H16N2O3S. The number of nitrogens with zero attached hydrogens (tertiary/aromatic N) is 2. The second kappa shape index (κ2) is 5.36. The number of rotatable bonds is 3. The molecule has 5 nitrogen and oxygen atoms in total. The van der Waals surface area contributed by atoms with E-state index in [4.69, 9.17) is 0 Å². The van der Waals surface area contributed by atoms with Gasteiger partial charge in [0.1, 0.15) is 4.83 Å². The Balaban J connectivity index is 2.01. The summed E-state index contributed by atoms with van der Waals surface area (Å²) in [6.45, 7) is 0.319. The summed E-state index contributed by atoms with van der Waals surface area (Å²) in [5.74, 6) is -0.315. The minimum atomic E-state index is -0.315. The molecule has 1 aliphatic rings. The molecule has 0 unspecified atom stereocenters. The highest BCUT2D eigenvalue weighted by molar-refractivity contribution is 7.18. The summed E-state index contributed by atoms with van der Waals surface area (Å²) in [5, 5.41) is 0.761. The number of methoxy groups -OCH3 is 1. The predicted molar refractivity (Wildman–Crippen MR) is 77.2 cm³/mol. The standard InChI is InChI=1S/C14H16N2O3S/c1-19-11(17)6-7-16-8-15-13-12(14(16)18)9-4-2-3-5-10(9)20-13/h8H,2-7H2,1H3. The van der Waals surface area contributed by atoms with Crippen LogP contribution in [0.5, 0.6) is 0 Å². The van der Waals surface area contributed by atoms with Crippen LogP contribution in [0.4, 0.5) is 0 Å². The highest BCUT2D eigenvalue weighted by Gasteiger charge is 2.19. The zero-order chi connectivity index (χ0) is 14.1. The van der Waals surface area contributed by atoms with Crippen LogP contribution < -0.4 is 5.56 Å². The number of esters is 1. The molecule has 6 heteroatoms. The molecular weight excluding hydrogens is 276 g/mol. The van der Waals surface area contributed by atoms with Crippen molar-refractivity contribution < 1.29 is 9.53 Å². The summed E-state index contributed by atoms with van der Waals surface area (Å²) in [5.41, 5.74) is 1.15. The first-order chi connectivity index (χ1) is 9.70. The molecule has 0 radical (unpaired) electrons. The third-order valence-electron chi connectivity index (χ3n) is 3.73. The second-order valence-corrected chi connectivity index (χ2v) is 6.04. The van der Waals surface area contributed by atoms with E-state index in [9.17, 15) is 9.59 Å². The average Bonchev–Trinajstić information content (AvgIpc) is 2.85. The Kier molecular flexibility index (Phi) is 3.56. The molecule has 0 amide bonds. The van der Waals surface area contributed by atoms with Crippen LogP contribution in [-0.2, 0) is 28.9 Å². The summed E-state index contributed by atoms with van der Waals surface area (Å²) in [4.78, 5) is 30.2. The molecule has 3 rings (SSSR count). The average molecular weight is 292 g/mol. The van der Waals surface area contributed by atoms with Gasteiger partial charge < -0.3 is 4.74 Å². The van der Waals surface area contributed by atoms with Gasteiger partial charge in [-0.05, 0) is 31.2 Å². The predicted octanol–water partition coefficient (Wildman–Crippen LogP) is 1.90. The highest BCUT2D eigenvalue weighted by atomic mass is 32.1. The Hall–Kier alpha value is -1.69. The molecule has 20 heavy (non-hydrogen) atoms. The number of aryl methyl sites for hydroxylation is 3. The lowest BCUT2D eigenvalue weighted by molar-refractivity contribution is -0.140. The molecule has 1 aliphatic carbocycles. The van der Waals surface area contributed by atoms with E-state index in [1.165, 1.54) is 34.9 Å². The summed E-state index contributed by atoms with van der Waals surface area (Å²) < 4.78 is 6.12. The molecule has 0 aliphatic heterocycles. The third kappa shape index (κ3) is 2.24. The zero-order valence-corrected chi connectivity index (χ0v) is 12.2. The molecule has 0 N–H and O–H groups in total. The van der Waals surface area contributed by atoms with E-state index in [1.807, 2.05) is 0 Å². The molecule has 0 bridgehead atoms. The number of aromatic nitrogens is 2. The molecule has 0 saturated heterocycles. The molecule has 0 spiro atoms. The van der Waals surface area contributed by atoms with Gasteiger partial charge in [-0.2, -0.15) is 0 Å². The molecule has 2 aromatic rings. The summed E-state index contributed by atoms with van der Waals surface area (Å²) in [7, 11) is 1.35. The van der Waals surface area contributed by atoms with Crippen LogP contribution in [-0.4, -0.2) is 22.6 Å². The maximum Gasteiger partial charge on any atom is 0.307 e. The Labute approximate surface area is 120 Å². The lowest BCUT2D eigenvalue weighted by Crippen LogP contribution is -2.22. The Morgan fingerprint density at radius 1 is 1.45 bits per heavy atom. The van der Waals surface area contributed by atoms with Crippen molar-refractivity contribution in [1.29, 1.82) is 0 Å². The number of hydrogen-bond acceptors (Lipinski definition) is 5. The third-order valence-corrected chi connectivity index (χ3v) is 4.93. The van der Waals surface area contributed by atoms with Gasteiger partial charge in [-0.15, -0.1) is 11.3 Å². The van der Waals surface area contributed by atoms with Crippen molar-refractivity contribution in [3.05, 3.63) is 27.1 Å². The minimum Gasteiger partial charge on any atom is -0.469 e. The van der Waals surface area contributed by atoms with Crippen LogP contribution in [0.3, 0.4) is 0 Å². The number of thiophene rings is 1. The zero-order valence-electron chi connectivity index (χ0n) is 11.3. The largest absolute Gasteiger partial charge is 0.469 e. The SMILES string of the molecule is COC(=O)CCn1cnc2sc3c(c2c1=O)CCCC3. The number of fused-ring (bicyclic) bond motifs is 3. The van der Waals surface area contributed by atoms with E-state index < -0.39 is 0 Å². The summed E-state index contributed by atoms with van der Waals surface area (Å²) in [6, 6.07) is 0. The Bertz CT molecular complexity index is 717. The monoisotopic (exact) mass is 292 g/mol. The number of carbonyl (C=O) groups excluding carboxylic acids is 1. The van der Waals surface area contributed by atoms with Gasteiger partial charge in [0, 0.05) is 11.4 Å². The fourth-order valence-corrected chi connectivity index (χ4v) is 3.87. The lowest BCUT2D eigenvalue weighted by Gasteiger charge is -2.10. The van der Waals surface area contributed by atoms with Gasteiger partial charge in [-0.25, -0.2) is 4.98 Å². The van der Waals surface area contributed by atoms with Crippen molar-refractivity contribution >= 4 is 27.5 Å². The van der Waals surface area contributed by atoms with Gasteiger partial charge in [0.15, 0.2) is 0 Å². The van der Waals surface area contributed by atoms with E-state index >= 15 is 0 Å². The second-order valence-electron chi connectivity index (χ2n) is 4.96. The summed E-state index contributed by atoms with van der Waals surface area (Å²) in [6.07, 6.45) is 6.07. The Morgan fingerprint density at radius 3 is 3.05 bits per heavy atom. The minimum absolute atomic E-state index is 0.0293. The van der Waals surface area contributed by atoms with Gasteiger partial charge >= 0.3 is 5.97 Å². The van der Waals surface area contributed by atoms with Gasteiger partial charge in [-0.3, -0.25) is 14.2 Å². The molecule has 2 heterocycles. The van der Waals surface area contributed by atoms with Gasteiger partial charge in [-0.1, -0.05) is 0 Å². The Morgan fingerprint density at radius 2 is 2.25 bits per heavy atom. The van der Waals surface area contributed by atoms with E-state index in [1.54, 1.807) is 11.3 Å². The van der Waals surface area contributed by atoms with Gasteiger partial charge in [0.05, 0.1) is 25.2 Å². The lowest BCUT2D eigenvalue weighted by atomic mass is 9.97. The topological polar surface area (TPSA) is 61.2 Å². The fraction of sp³-hybridized carbons (Fsp3) is 0.500. The van der Waals surface area contributed by atoms with Crippen molar-refractivity contribution in [2.24, 2.45) is 0 Å². The van der Waals surface area contributed by atoms with Crippen LogP contribution >= 0.6 is 11.3 Å². The first-order valence-corrected chi connectivity index (χ1v) is 7.59. The van der Waals surface area contributed by atoms with Crippen LogP contribution in [0.15, 0.2) is 11.1 Å². The van der Waals surface area contributed by atoms with Crippen molar-refractivity contribution in [2.75, 3.05) is 7.11 Å². The quantitative estimate of drug-likeness (QED) is 0.811.